The van der Waals surface area contributed by atoms with E-state index in [0.717, 1.165) is 11.8 Å². The zero-order chi connectivity index (χ0) is 8.01. The molecule has 0 aliphatic carbocycles. The third-order valence-corrected chi connectivity index (χ3v) is 2.39. The van der Waals surface area contributed by atoms with Gasteiger partial charge in [0.05, 0.1) is 0 Å². The first-order valence-corrected chi connectivity index (χ1v) is 3.67. The first-order chi connectivity index (χ1) is 5.18. The Morgan fingerprint density at radius 1 is 1.82 bits per heavy atom. The molecule has 0 aromatic heterocycles. The normalized spacial score (nSPS) is 26.9. The van der Waals surface area contributed by atoms with Crippen LogP contribution in [0.5, 0.6) is 0 Å². The number of nitrogens with zero attached hydrogens (tertiary/aromatic N) is 1. The summed E-state index contributed by atoms with van der Waals surface area (Å²) in [5.74, 6) is -1.03. The first-order valence-electron chi connectivity index (χ1n) is 2.79. The Bertz CT molecular complexity index is 274. The highest BCUT2D eigenvalue weighted by Crippen LogP contribution is 2.39. The first kappa shape index (κ1) is 6.53. The average molecular weight is 173 g/mol. The van der Waals surface area contributed by atoms with E-state index < -0.39 is 17.6 Å². The number of carbonyl (C=O) groups excluding carboxylic acids is 1. The van der Waals surface area contributed by atoms with Crippen LogP contribution in [0.3, 0.4) is 0 Å². The van der Waals surface area contributed by atoms with Crippen molar-refractivity contribution in [3.8, 4) is 0 Å². The predicted octanol–water partition coefficient (Wildman–Crippen LogP) is 0.395. The Kier molecular flexibility index (Phi) is 1.14. The van der Waals surface area contributed by atoms with Gasteiger partial charge in [-0.3, -0.25) is 0 Å². The zero-order valence-electron chi connectivity index (χ0n) is 5.18. The second kappa shape index (κ2) is 1.91. The fraction of sp³-hybridized carbons (Fsp3) is 0.200. The molecule has 0 bridgehead atoms. The number of carbonyl (C=O) groups is 2. The fourth-order valence-electron chi connectivity index (χ4n) is 0.806. The third-order valence-electron chi connectivity index (χ3n) is 1.33. The van der Waals surface area contributed by atoms with Crippen molar-refractivity contribution < 1.29 is 19.4 Å². The van der Waals surface area contributed by atoms with Crippen LogP contribution < -0.4 is 0 Å². The van der Waals surface area contributed by atoms with Crippen LogP contribution in [0.25, 0.3) is 0 Å². The van der Waals surface area contributed by atoms with E-state index in [9.17, 15) is 9.59 Å². The van der Waals surface area contributed by atoms with Gasteiger partial charge in [-0.05, 0) is 11.8 Å². The van der Waals surface area contributed by atoms with Gasteiger partial charge in [-0.1, -0.05) is 0 Å². The Balaban J connectivity index is 2.18. The maximum absolute atomic E-state index is 10.5. The van der Waals surface area contributed by atoms with Crippen molar-refractivity contribution in [3.05, 3.63) is 11.1 Å². The maximum Gasteiger partial charge on any atom is 0.420 e. The molecule has 0 aromatic carbocycles. The number of fused-ring (bicyclic) bond motifs is 1. The minimum Gasteiger partial charge on any atom is -0.477 e. The highest BCUT2D eigenvalue weighted by atomic mass is 32.2. The summed E-state index contributed by atoms with van der Waals surface area (Å²) in [5, 5.41) is 8.48. The summed E-state index contributed by atoms with van der Waals surface area (Å²) in [6.07, 6.45) is 0.794. The Labute approximate surface area is 65.6 Å². The van der Waals surface area contributed by atoms with Crippen molar-refractivity contribution in [2.75, 3.05) is 0 Å². The molecule has 1 saturated heterocycles. The zero-order valence-corrected chi connectivity index (χ0v) is 6.00. The molecular weight excluding hydrogens is 170 g/mol. The third kappa shape index (κ3) is 0.790. The van der Waals surface area contributed by atoms with Crippen molar-refractivity contribution in [1.82, 2.24) is 4.90 Å². The second-order valence-corrected chi connectivity index (χ2v) is 3.09. The standard InChI is InChI=1S/C5H3NO4S/c7-3(8)2-1-6-4(9)10-5(6)11-2/h1,5H,(H,7,8)/t5-/m0/s1. The van der Waals surface area contributed by atoms with Gasteiger partial charge in [0.15, 0.2) is 0 Å². The van der Waals surface area contributed by atoms with E-state index >= 15 is 0 Å². The van der Waals surface area contributed by atoms with E-state index in [-0.39, 0.29) is 4.91 Å². The molecule has 58 valence electrons. The van der Waals surface area contributed by atoms with Gasteiger partial charge in [0.2, 0.25) is 5.56 Å². The largest absolute Gasteiger partial charge is 0.477 e. The minimum atomic E-state index is -1.03. The molecule has 0 saturated carbocycles. The summed E-state index contributed by atoms with van der Waals surface area (Å²) < 4.78 is 4.58. The Hall–Kier alpha value is -1.17. The van der Waals surface area contributed by atoms with E-state index in [0.29, 0.717) is 0 Å². The summed E-state index contributed by atoms with van der Waals surface area (Å²) in [6.45, 7) is 0. The molecule has 0 aromatic rings. The molecule has 2 aliphatic rings. The number of carboxylic acid groups (broad SMARTS) is 1. The molecule has 1 amide bonds. The molecule has 5 nitrogen and oxygen atoms in total. The van der Waals surface area contributed by atoms with Crippen LogP contribution in [-0.2, 0) is 9.53 Å². The fourth-order valence-corrected chi connectivity index (χ4v) is 1.69. The van der Waals surface area contributed by atoms with Gasteiger partial charge in [-0.25, -0.2) is 14.5 Å². The van der Waals surface area contributed by atoms with Crippen molar-refractivity contribution >= 4 is 23.8 Å². The lowest BCUT2D eigenvalue weighted by molar-refractivity contribution is -0.131. The van der Waals surface area contributed by atoms with Gasteiger partial charge in [0.1, 0.15) is 4.91 Å². The number of rotatable bonds is 1. The molecule has 1 fully saturated rings. The van der Waals surface area contributed by atoms with Gasteiger partial charge in [-0.15, -0.1) is 0 Å². The van der Waals surface area contributed by atoms with Gasteiger partial charge < -0.3 is 9.84 Å². The molecule has 1 N–H and O–H groups in total. The monoisotopic (exact) mass is 173 g/mol. The molecule has 2 rings (SSSR count). The second-order valence-electron chi connectivity index (χ2n) is 2.01. The number of hydrogen-bond donors (Lipinski definition) is 1. The van der Waals surface area contributed by atoms with Crippen molar-refractivity contribution in [2.24, 2.45) is 0 Å². The molecule has 1 atom stereocenters. The van der Waals surface area contributed by atoms with Gasteiger partial charge in [0.25, 0.3) is 0 Å². The number of ether oxygens (including phenoxy) is 1. The number of amides is 1. The van der Waals surface area contributed by atoms with Gasteiger partial charge >= 0.3 is 12.1 Å². The van der Waals surface area contributed by atoms with Crippen LogP contribution in [0.4, 0.5) is 4.79 Å². The lowest BCUT2D eigenvalue weighted by Gasteiger charge is -2.31. The van der Waals surface area contributed by atoms with E-state index in [2.05, 4.69) is 4.74 Å². The average Bonchev–Trinajstić information content (AvgIpc) is 2.26. The Morgan fingerprint density at radius 2 is 2.55 bits per heavy atom. The highest BCUT2D eigenvalue weighted by molar-refractivity contribution is 8.04. The Morgan fingerprint density at radius 3 is 3.00 bits per heavy atom. The number of hydrogen-bond acceptors (Lipinski definition) is 4. The van der Waals surface area contributed by atoms with Crippen LogP contribution >= 0.6 is 11.8 Å². The van der Waals surface area contributed by atoms with E-state index in [1.807, 2.05) is 0 Å². The maximum atomic E-state index is 10.5. The summed E-state index contributed by atoms with van der Waals surface area (Å²) in [5.41, 5.74) is -0.436. The molecule has 11 heavy (non-hydrogen) atoms. The summed E-state index contributed by atoms with van der Waals surface area (Å²) >= 11 is 1.02. The van der Waals surface area contributed by atoms with E-state index in [1.54, 1.807) is 0 Å². The summed E-state index contributed by atoms with van der Waals surface area (Å²) in [6, 6.07) is 0. The van der Waals surface area contributed by atoms with Crippen LogP contribution in [0.2, 0.25) is 0 Å². The van der Waals surface area contributed by atoms with Crippen molar-refractivity contribution in [3.63, 3.8) is 0 Å². The molecule has 2 aliphatic heterocycles. The van der Waals surface area contributed by atoms with Gasteiger partial charge in [-0.2, -0.15) is 0 Å². The van der Waals surface area contributed by atoms with Crippen LogP contribution in [0, 0.1) is 0 Å². The summed E-state index contributed by atoms with van der Waals surface area (Å²) in [7, 11) is 0. The van der Waals surface area contributed by atoms with Crippen LogP contribution in [-0.4, -0.2) is 27.6 Å². The van der Waals surface area contributed by atoms with Crippen LogP contribution in [0.1, 0.15) is 0 Å². The topological polar surface area (TPSA) is 66.8 Å². The SMILES string of the molecule is O=C(O)C1=CN2C(=O)O[C@H]2S1. The molecule has 2 heterocycles. The van der Waals surface area contributed by atoms with E-state index in [1.165, 1.54) is 11.1 Å². The lowest BCUT2D eigenvalue weighted by atomic mass is 10.5. The van der Waals surface area contributed by atoms with Crippen LogP contribution in [0.15, 0.2) is 11.1 Å². The predicted molar refractivity (Wildman–Crippen MR) is 35.4 cm³/mol. The lowest BCUT2D eigenvalue weighted by Crippen LogP contribution is -2.46. The van der Waals surface area contributed by atoms with Gasteiger partial charge in [0, 0.05) is 6.20 Å². The highest BCUT2D eigenvalue weighted by Gasteiger charge is 2.44. The summed E-state index contributed by atoms with van der Waals surface area (Å²) in [4.78, 5) is 22.3. The molecular formula is C5H3NO4S. The van der Waals surface area contributed by atoms with Crippen molar-refractivity contribution in [2.45, 2.75) is 5.56 Å². The van der Waals surface area contributed by atoms with E-state index in [4.69, 9.17) is 5.11 Å². The smallest absolute Gasteiger partial charge is 0.420 e. The molecule has 6 heteroatoms. The molecule has 0 unspecified atom stereocenters. The molecule has 0 spiro atoms. The number of carboxylic acids is 1. The molecule has 0 radical (unpaired) electrons. The quantitative estimate of drug-likeness (QED) is 0.621. The number of aliphatic carboxylic acids is 1. The minimum absolute atomic E-state index is 0.140. The van der Waals surface area contributed by atoms with Crippen molar-refractivity contribution in [1.29, 1.82) is 0 Å². The number of thioether (sulfide) groups is 1.